The van der Waals surface area contributed by atoms with Crippen LogP contribution < -0.4 is 11.1 Å². The van der Waals surface area contributed by atoms with E-state index in [1.165, 1.54) is 0 Å². The Morgan fingerprint density at radius 1 is 1.40 bits per heavy atom. The molecule has 1 aromatic carbocycles. The molecule has 20 heavy (non-hydrogen) atoms. The molecule has 2 rings (SSSR count). The quantitative estimate of drug-likeness (QED) is 0.908. The molecule has 0 bridgehead atoms. The highest BCUT2D eigenvalue weighted by Crippen LogP contribution is 2.21. The number of benzene rings is 1. The molecule has 0 aliphatic carbocycles. The van der Waals surface area contributed by atoms with Gasteiger partial charge in [-0.3, -0.25) is 4.79 Å². The van der Waals surface area contributed by atoms with Gasteiger partial charge < -0.3 is 11.1 Å². The molecule has 5 heteroatoms. The van der Waals surface area contributed by atoms with E-state index in [0.717, 1.165) is 12.0 Å². The summed E-state index contributed by atoms with van der Waals surface area (Å²) in [6.45, 7) is 1.99. The van der Waals surface area contributed by atoms with Crippen LogP contribution in [-0.2, 0) is 0 Å². The number of pyridine rings is 1. The van der Waals surface area contributed by atoms with Gasteiger partial charge in [-0.25, -0.2) is 4.98 Å². The SMILES string of the molecule is CCC(NC(=O)c1ncccc1N)c1cccc(Cl)c1. The Balaban J connectivity index is 2.19. The Kier molecular flexibility index (Phi) is 4.58. The average Bonchev–Trinajstić information content (AvgIpc) is 2.45. The van der Waals surface area contributed by atoms with E-state index >= 15 is 0 Å². The van der Waals surface area contributed by atoms with Crippen molar-refractivity contribution in [2.45, 2.75) is 19.4 Å². The summed E-state index contributed by atoms with van der Waals surface area (Å²) in [5.74, 6) is -0.282. The number of carbonyl (C=O) groups excluding carboxylic acids is 1. The van der Waals surface area contributed by atoms with Crippen LogP contribution in [0.15, 0.2) is 42.6 Å². The van der Waals surface area contributed by atoms with Gasteiger partial charge in [-0.2, -0.15) is 0 Å². The van der Waals surface area contributed by atoms with Gasteiger partial charge in [0.25, 0.3) is 5.91 Å². The van der Waals surface area contributed by atoms with Crippen molar-refractivity contribution in [3.8, 4) is 0 Å². The number of nitrogens with one attached hydrogen (secondary N) is 1. The number of amides is 1. The Morgan fingerprint density at radius 2 is 2.20 bits per heavy atom. The zero-order valence-electron chi connectivity index (χ0n) is 11.1. The van der Waals surface area contributed by atoms with Crippen LogP contribution in [0.4, 0.5) is 5.69 Å². The van der Waals surface area contributed by atoms with Crippen molar-refractivity contribution in [1.82, 2.24) is 10.3 Å². The molecule has 0 saturated heterocycles. The van der Waals surface area contributed by atoms with Crippen LogP contribution in [0.25, 0.3) is 0 Å². The second-order valence-corrected chi connectivity index (χ2v) is 4.87. The van der Waals surface area contributed by atoms with Crippen LogP contribution >= 0.6 is 11.6 Å². The maximum absolute atomic E-state index is 12.2. The molecule has 0 radical (unpaired) electrons. The summed E-state index contributed by atoms with van der Waals surface area (Å²) in [7, 11) is 0. The molecule has 1 aromatic heterocycles. The smallest absolute Gasteiger partial charge is 0.272 e. The minimum Gasteiger partial charge on any atom is -0.397 e. The third-order valence-electron chi connectivity index (χ3n) is 3.02. The van der Waals surface area contributed by atoms with Gasteiger partial charge in [0.1, 0.15) is 0 Å². The lowest BCUT2D eigenvalue weighted by Gasteiger charge is -2.18. The van der Waals surface area contributed by atoms with E-state index in [1.807, 2.05) is 25.1 Å². The molecule has 4 nitrogen and oxygen atoms in total. The number of aromatic nitrogens is 1. The Labute approximate surface area is 123 Å². The van der Waals surface area contributed by atoms with Crippen molar-refractivity contribution in [2.24, 2.45) is 0 Å². The number of hydrogen-bond acceptors (Lipinski definition) is 3. The standard InChI is InChI=1S/C15H16ClN3O/c1-2-13(10-5-3-6-11(16)9-10)19-15(20)14-12(17)7-4-8-18-14/h3-9,13H,2,17H2,1H3,(H,19,20). The normalized spacial score (nSPS) is 11.9. The highest BCUT2D eigenvalue weighted by molar-refractivity contribution is 6.30. The maximum atomic E-state index is 12.2. The van der Waals surface area contributed by atoms with Crippen LogP contribution in [0.5, 0.6) is 0 Å². The van der Waals surface area contributed by atoms with Crippen molar-refractivity contribution in [1.29, 1.82) is 0 Å². The zero-order chi connectivity index (χ0) is 14.5. The number of rotatable bonds is 4. The van der Waals surface area contributed by atoms with Gasteiger partial charge in [0, 0.05) is 11.2 Å². The van der Waals surface area contributed by atoms with Crippen LogP contribution in [-0.4, -0.2) is 10.9 Å². The number of anilines is 1. The number of nitrogens with two attached hydrogens (primary N) is 1. The van der Waals surface area contributed by atoms with E-state index in [0.29, 0.717) is 10.7 Å². The first-order valence-electron chi connectivity index (χ1n) is 6.38. The molecule has 0 aliphatic rings. The largest absolute Gasteiger partial charge is 0.397 e. The molecule has 1 heterocycles. The van der Waals surface area contributed by atoms with Crippen molar-refractivity contribution in [3.63, 3.8) is 0 Å². The molecule has 1 amide bonds. The molecule has 104 valence electrons. The molecular weight excluding hydrogens is 274 g/mol. The van der Waals surface area contributed by atoms with E-state index in [-0.39, 0.29) is 17.6 Å². The van der Waals surface area contributed by atoms with E-state index < -0.39 is 0 Å². The Bertz CT molecular complexity index is 616. The molecule has 1 unspecified atom stereocenters. The Hall–Kier alpha value is -2.07. The predicted molar refractivity (Wildman–Crippen MR) is 80.6 cm³/mol. The average molecular weight is 290 g/mol. The number of nitrogen functional groups attached to an aromatic ring is 1. The molecule has 2 aromatic rings. The van der Waals surface area contributed by atoms with E-state index in [2.05, 4.69) is 10.3 Å². The molecule has 0 saturated carbocycles. The van der Waals surface area contributed by atoms with E-state index in [9.17, 15) is 4.79 Å². The van der Waals surface area contributed by atoms with Gasteiger partial charge in [0.2, 0.25) is 0 Å². The fourth-order valence-electron chi connectivity index (χ4n) is 1.98. The van der Waals surface area contributed by atoms with Gasteiger partial charge in [-0.15, -0.1) is 0 Å². The van der Waals surface area contributed by atoms with Crippen molar-refractivity contribution >= 4 is 23.2 Å². The highest BCUT2D eigenvalue weighted by atomic mass is 35.5. The lowest BCUT2D eigenvalue weighted by molar-refractivity contribution is 0.0931. The molecule has 3 N–H and O–H groups in total. The predicted octanol–water partition coefficient (Wildman–Crippen LogP) is 3.20. The summed E-state index contributed by atoms with van der Waals surface area (Å²) in [6, 6.07) is 10.7. The molecular formula is C15H16ClN3O. The lowest BCUT2D eigenvalue weighted by Crippen LogP contribution is -2.29. The van der Waals surface area contributed by atoms with Crippen molar-refractivity contribution in [2.75, 3.05) is 5.73 Å². The zero-order valence-corrected chi connectivity index (χ0v) is 11.9. The number of nitrogens with zero attached hydrogens (tertiary/aromatic N) is 1. The first kappa shape index (κ1) is 14.3. The summed E-state index contributed by atoms with van der Waals surface area (Å²) < 4.78 is 0. The molecule has 0 spiro atoms. The first-order chi connectivity index (χ1) is 9.61. The monoisotopic (exact) mass is 289 g/mol. The van der Waals surface area contributed by atoms with Crippen LogP contribution in [0.1, 0.15) is 35.4 Å². The number of hydrogen-bond donors (Lipinski definition) is 2. The fraction of sp³-hybridized carbons (Fsp3) is 0.200. The minimum absolute atomic E-state index is 0.123. The second-order valence-electron chi connectivity index (χ2n) is 4.43. The number of halogens is 1. The van der Waals surface area contributed by atoms with Gasteiger partial charge >= 0.3 is 0 Å². The Morgan fingerprint density at radius 3 is 2.85 bits per heavy atom. The van der Waals surface area contributed by atoms with Crippen molar-refractivity contribution in [3.05, 3.63) is 58.9 Å². The summed E-state index contributed by atoms with van der Waals surface area (Å²) in [6.07, 6.45) is 2.30. The molecule has 1 atom stereocenters. The summed E-state index contributed by atoms with van der Waals surface area (Å²) >= 11 is 5.98. The molecule has 0 aliphatic heterocycles. The van der Waals surface area contributed by atoms with Gasteiger partial charge in [0.05, 0.1) is 11.7 Å². The van der Waals surface area contributed by atoms with Crippen molar-refractivity contribution < 1.29 is 4.79 Å². The minimum atomic E-state index is -0.282. The maximum Gasteiger partial charge on any atom is 0.272 e. The van der Waals surface area contributed by atoms with E-state index in [4.69, 9.17) is 17.3 Å². The third-order valence-corrected chi connectivity index (χ3v) is 3.25. The number of carbonyl (C=O) groups is 1. The first-order valence-corrected chi connectivity index (χ1v) is 6.76. The van der Waals surface area contributed by atoms with Gasteiger partial charge in [-0.1, -0.05) is 30.7 Å². The van der Waals surface area contributed by atoms with Crippen LogP contribution in [0.3, 0.4) is 0 Å². The summed E-state index contributed by atoms with van der Waals surface area (Å²) in [5, 5.41) is 3.57. The van der Waals surface area contributed by atoms with Crippen LogP contribution in [0.2, 0.25) is 5.02 Å². The van der Waals surface area contributed by atoms with Crippen LogP contribution in [0, 0.1) is 0 Å². The lowest BCUT2D eigenvalue weighted by atomic mass is 10.0. The fourth-order valence-corrected chi connectivity index (χ4v) is 2.18. The topological polar surface area (TPSA) is 68.0 Å². The third kappa shape index (κ3) is 3.27. The van der Waals surface area contributed by atoms with E-state index in [1.54, 1.807) is 24.4 Å². The highest BCUT2D eigenvalue weighted by Gasteiger charge is 2.16. The summed E-state index contributed by atoms with van der Waals surface area (Å²) in [4.78, 5) is 16.2. The molecule has 0 fully saturated rings. The summed E-state index contributed by atoms with van der Waals surface area (Å²) in [5.41, 5.74) is 7.33. The van der Waals surface area contributed by atoms with Gasteiger partial charge in [-0.05, 0) is 36.2 Å². The second kappa shape index (κ2) is 6.39. The van der Waals surface area contributed by atoms with Gasteiger partial charge in [0.15, 0.2) is 5.69 Å².